The molecule has 29 heavy (non-hydrogen) atoms. The van der Waals surface area contributed by atoms with Gasteiger partial charge in [0.1, 0.15) is 5.69 Å². The second-order valence-electron chi connectivity index (χ2n) is 6.81. The van der Waals surface area contributed by atoms with Crippen LogP contribution in [0.1, 0.15) is 23.1 Å². The molecule has 0 bridgehead atoms. The summed E-state index contributed by atoms with van der Waals surface area (Å²) >= 11 is 0. The van der Waals surface area contributed by atoms with Crippen LogP contribution in [0.5, 0.6) is 0 Å². The fourth-order valence-electron chi connectivity index (χ4n) is 2.95. The zero-order chi connectivity index (χ0) is 20.6. The van der Waals surface area contributed by atoms with Crippen LogP contribution >= 0.6 is 0 Å². The summed E-state index contributed by atoms with van der Waals surface area (Å²) < 4.78 is 5.32. The van der Waals surface area contributed by atoms with Crippen LogP contribution in [-0.2, 0) is 9.53 Å². The maximum atomic E-state index is 12.5. The van der Waals surface area contributed by atoms with Gasteiger partial charge in [0, 0.05) is 50.2 Å². The van der Waals surface area contributed by atoms with Crippen LogP contribution in [0.2, 0.25) is 0 Å². The van der Waals surface area contributed by atoms with Gasteiger partial charge in [-0.25, -0.2) is 9.97 Å². The van der Waals surface area contributed by atoms with E-state index >= 15 is 0 Å². The molecule has 154 valence electrons. The summed E-state index contributed by atoms with van der Waals surface area (Å²) in [4.78, 5) is 34.5. The molecule has 3 rings (SSSR count). The summed E-state index contributed by atoms with van der Waals surface area (Å²) in [5, 5.41) is 8.71. The van der Waals surface area contributed by atoms with Gasteiger partial charge in [-0.3, -0.25) is 14.5 Å². The van der Waals surface area contributed by atoms with Gasteiger partial charge >= 0.3 is 0 Å². The number of aryl methyl sites for hydroxylation is 1. The molecule has 1 aliphatic rings. The van der Waals surface area contributed by atoms with Gasteiger partial charge in [-0.05, 0) is 37.3 Å². The Morgan fingerprint density at radius 3 is 2.48 bits per heavy atom. The number of morpholine rings is 1. The molecule has 2 amide bonds. The van der Waals surface area contributed by atoms with Crippen LogP contribution < -0.4 is 16.0 Å². The predicted molar refractivity (Wildman–Crippen MR) is 110 cm³/mol. The van der Waals surface area contributed by atoms with Gasteiger partial charge in [-0.1, -0.05) is 0 Å². The van der Waals surface area contributed by atoms with Crippen LogP contribution in [0.15, 0.2) is 30.3 Å². The normalized spacial score (nSPS) is 14.3. The Hall–Kier alpha value is -3.04. The first-order chi connectivity index (χ1) is 14.0. The molecule has 0 unspecified atom stereocenters. The molecule has 1 fully saturated rings. The lowest BCUT2D eigenvalue weighted by atomic mass is 10.2. The van der Waals surface area contributed by atoms with E-state index in [9.17, 15) is 9.59 Å². The third kappa shape index (κ3) is 6.51. The van der Waals surface area contributed by atoms with E-state index in [1.54, 1.807) is 30.3 Å². The highest BCUT2D eigenvalue weighted by atomic mass is 16.5. The summed E-state index contributed by atoms with van der Waals surface area (Å²) in [6.45, 7) is 7.85. The average molecular weight is 398 g/mol. The molecule has 9 heteroatoms. The highest BCUT2D eigenvalue weighted by Gasteiger charge is 2.13. The maximum absolute atomic E-state index is 12.5. The van der Waals surface area contributed by atoms with Crippen LogP contribution in [0.25, 0.3) is 0 Å². The first-order valence-electron chi connectivity index (χ1n) is 9.58. The van der Waals surface area contributed by atoms with Gasteiger partial charge in [-0.2, -0.15) is 0 Å². The summed E-state index contributed by atoms with van der Waals surface area (Å²) in [5.41, 5.74) is 2.46. The van der Waals surface area contributed by atoms with Crippen molar-refractivity contribution in [3.05, 3.63) is 41.7 Å². The van der Waals surface area contributed by atoms with Crippen molar-refractivity contribution < 1.29 is 14.3 Å². The molecule has 3 N–H and O–H groups in total. The summed E-state index contributed by atoms with van der Waals surface area (Å²) in [6.07, 6.45) is 0. The number of hydrogen-bond donors (Lipinski definition) is 3. The molecule has 0 atom stereocenters. The number of aromatic nitrogens is 2. The molecule has 0 aliphatic carbocycles. The minimum atomic E-state index is -0.229. The fourth-order valence-corrected chi connectivity index (χ4v) is 2.95. The van der Waals surface area contributed by atoms with E-state index in [2.05, 4.69) is 30.8 Å². The molecule has 0 radical (unpaired) electrons. The van der Waals surface area contributed by atoms with E-state index in [-0.39, 0.29) is 11.8 Å². The van der Waals surface area contributed by atoms with Crippen molar-refractivity contribution in [2.75, 3.05) is 50.0 Å². The van der Waals surface area contributed by atoms with Crippen molar-refractivity contribution in [2.45, 2.75) is 13.8 Å². The monoisotopic (exact) mass is 398 g/mol. The van der Waals surface area contributed by atoms with Crippen LogP contribution in [0.4, 0.5) is 17.3 Å². The number of carbonyl (C=O) groups excluding carboxylic acids is 2. The molecular weight excluding hydrogens is 372 g/mol. The summed E-state index contributed by atoms with van der Waals surface area (Å²) in [6, 6.07) is 8.82. The summed E-state index contributed by atoms with van der Waals surface area (Å²) in [7, 11) is 0. The number of ether oxygens (including phenoxy) is 1. The van der Waals surface area contributed by atoms with E-state index in [4.69, 9.17) is 4.74 Å². The molecule has 1 aromatic heterocycles. The van der Waals surface area contributed by atoms with Crippen LogP contribution in [0.3, 0.4) is 0 Å². The highest BCUT2D eigenvalue weighted by molar-refractivity contribution is 5.92. The number of hydrogen-bond acceptors (Lipinski definition) is 7. The second kappa shape index (κ2) is 9.94. The van der Waals surface area contributed by atoms with E-state index in [1.165, 1.54) is 6.92 Å². The zero-order valence-electron chi connectivity index (χ0n) is 16.7. The zero-order valence-corrected chi connectivity index (χ0v) is 16.7. The van der Waals surface area contributed by atoms with Crippen molar-refractivity contribution in [2.24, 2.45) is 0 Å². The number of carbonyl (C=O) groups is 2. The predicted octanol–water partition coefficient (Wildman–Crippen LogP) is 1.55. The number of rotatable bonds is 7. The molecule has 0 spiro atoms. The first-order valence-corrected chi connectivity index (χ1v) is 9.58. The molecule has 0 saturated carbocycles. The van der Waals surface area contributed by atoms with Crippen LogP contribution in [-0.4, -0.2) is 66.1 Å². The number of amides is 2. The van der Waals surface area contributed by atoms with E-state index in [0.29, 0.717) is 29.6 Å². The molecule has 1 aliphatic heterocycles. The van der Waals surface area contributed by atoms with Crippen molar-refractivity contribution >= 4 is 29.1 Å². The molecule has 2 heterocycles. The maximum Gasteiger partial charge on any atom is 0.270 e. The third-order valence-electron chi connectivity index (χ3n) is 4.37. The van der Waals surface area contributed by atoms with Gasteiger partial charge in [0.25, 0.3) is 5.91 Å². The van der Waals surface area contributed by atoms with E-state index in [1.807, 2.05) is 6.92 Å². The largest absolute Gasteiger partial charge is 0.379 e. The Bertz CT molecular complexity index is 850. The highest BCUT2D eigenvalue weighted by Crippen LogP contribution is 2.17. The van der Waals surface area contributed by atoms with Gasteiger partial charge in [0.05, 0.1) is 13.2 Å². The first kappa shape index (κ1) is 20.7. The minimum absolute atomic E-state index is 0.128. The molecule has 2 aromatic rings. The third-order valence-corrected chi connectivity index (χ3v) is 4.37. The lowest BCUT2D eigenvalue weighted by Gasteiger charge is -2.26. The van der Waals surface area contributed by atoms with Crippen LogP contribution in [0, 0.1) is 6.92 Å². The molecule has 1 aromatic carbocycles. The minimum Gasteiger partial charge on any atom is -0.379 e. The smallest absolute Gasteiger partial charge is 0.270 e. The van der Waals surface area contributed by atoms with E-state index < -0.39 is 0 Å². The standard InChI is InChI=1S/C20H26N6O3/c1-14-13-18(19(28)21-7-8-26-9-11-29-12-10-26)25-20(22-14)24-17-5-3-16(4-6-17)23-15(2)27/h3-6,13H,7-12H2,1-2H3,(H,21,28)(H,23,27)(H,22,24,25). The van der Waals surface area contributed by atoms with Gasteiger partial charge in [0.2, 0.25) is 11.9 Å². The quantitative estimate of drug-likeness (QED) is 0.649. The lowest BCUT2D eigenvalue weighted by molar-refractivity contribution is -0.114. The SMILES string of the molecule is CC(=O)Nc1ccc(Nc2nc(C)cc(C(=O)NCCN3CCOCC3)n2)cc1. The Kier molecular flexibility index (Phi) is 7.09. The van der Waals surface area contributed by atoms with Crippen molar-refractivity contribution in [3.8, 4) is 0 Å². The fraction of sp³-hybridized carbons (Fsp3) is 0.400. The molecular formula is C20H26N6O3. The Labute approximate surface area is 169 Å². The summed E-state index contributed by atoms with van der Waals surface area (Å²) in [5.74, 6) is -0.0135. The van der Waals surface area contributed by atoms with Crippen molar-refractivity contribution in [3.63, 3.8) is 0 Å². The Balaban J connectivity index is 1.58. The van der Waals surface area contributed by atoms with E-state index in [0.717, 1.165) is 38.5 Å². The van der Waals surface area contributed by atoms with Gasteiger partial charge in [0.15, 0.2) is 0 Å². The number of nitrogens with zero attached hydrogens (tertiary/aromatic N) is 3. The van der Waals surface area contributed by atoms with Crippen molar-refractivity contribution in [1.29, 1.82) is 0 Å². The van der Waals surface area contributed by atoms with Crippen molar-refractivity contribution in [1.82, 2.24) is 20.2 Å². The average Bonchev–Trinajstić information content (AvgIpc) is 2.69. The van der Waals surface area contributed by atoms with Gasteiger partial charge in [-0.15, -0.1) is 0 Å². The Morgan fingerprint density at radius 2 is 1.79 bits per heavy atom. The number of benzene rings is 1. The lowest BCUT2D eigenvalue weighted by Crippen LogP contribution is -2.41. The molecule has 9 nitrogen and oxygen atoms in total. The number of nitrogens with one attached hydrogen (secondary N) is 3. The molecule has 1 saturated heterocycles. The van der Waals surface area contributed by atoms with Gasteiger partial charge < -0.3 is 20.7 Å². The topological polar surface area (TPSA) is 108 Å². The second-order valence-corrected chi connectivity index (χ2v) is 6.81. The Morgan fingerprint density at radius 1 is 1.10 bits per heavy atom. The number of anilines is 3.